The Balaban J connectivity index is 1.67. The molecule has 2 saturated heterocycles. The van der Waals surface area contributed by atoms with Crippen molar-refractivity contribution < 1.29 is 9.53 Å². The number of benzene rings is 1. The third-order valence-electron chi connectivity index (χ3n) is 5.70. The number of carbonyl (C=O) groups is 1. The van der Waals surface area contributed by atoms with Crippen molar-refractivity contribution in [3.63, 3.8) is 0 Å². The van der Waals surface area contributed by atoms with Crippen LogP contribution < -0.4 is 10.6 Å². The minimum absolute atomic E-state index is 0.0461. The molecule has 28 heavy (non-hydrogen) atoms. The fourth-order valence-electron chi connectivity index (χ4n) is 4.46. The highest BCUT2D eigenvalue weighted by Crippen LogP contribution is 2.37. The van der Waals surface area contributed by atoms with Crippen LogP contribution >= 0.6 is 11.6 Å². The van der Waals surface area contributed by atoms with Gasteiger partial charge in [0.1, 0.15) is 0 Å². The van der Waals surface area contributed by atoms with E-state index < -0.39 is 5.54 Å². The topological polar surface area (TPSA) is 66.5 Å². The highest BCUT2D eigenvalue weighted by Gasteiger charge is 2.39. The van der Waals surface area contributed by atoms with Crippen molar-refractivity contribution in [3.05, 3.63) is 41.0 Å². The molecule has 2 aliphatic rings. The van der Waals surface area contributed by atoms with Crippen LogP contribution in [0.1, 0.15) is 18.9 Å². The zero-order valence-electron chi connectivity index (χ0n) is 16.2. The summed E-state index contributed by atoms with van der Waals surface area (Å²) in [4.78, 5) is 19.6. The summed E-state index contributed by atoms with van der Waals surface area (Å²) in [5.74, 6) is 0.490. The number of nitrogens with zero attached hydrogens (tertiary/aromatic N) is 2. The first kappa shape index (κ1) is 19.6. The van der Waals surface area contributed by atoms with Crippen LogP contribution in [0.2, 0.25) is 5.02 Å². The second-order valence-corrected chi connectivity index (χ2v) is 8.36. The molecule has 2 fully saturated rings. The van der Waals surface area contributed by atoms with Crippen LogP contribution in [0, 0.1) is 5.92 Å². The lowest BCUT2D eigenvalue weighted by Crippen LogP contribution is -2.59. The van der Waals surface area contributed by atoms with E-state index in [9.17, 15) is 4.79 Å². The highest BCUT2D eigenvalue weighted by molar-refractivity contribution is 6.35. The number of ether oxygens (including phenoxy) is 1. The van der Waals surface area contributed by atoms with Gasteiger partial charge in [0.05, 0.1) is 35.8 Å². The third-order valence-corrected chi connectivity index (χ3v) is 6.01. The number of aromatic nitrogens is 1. The van der Waals surface area contributed by atoms with Gasteiger partial charge in [-0.3, -0.25) is 14.7 Å². The third kappa shape index (κ3) is 4.01. The van der Waals surface area contributed by atoms with Gasteiger partial charge in [0.25, 0.3) is 0 Å². The molecule has 0 bridgehead atoms. The molecule has 2 atom stereocenters. The van der Waals surface area contributed by atoms with Crippen LogP contribution in [0.4, 0.5) is 0 Å². The monoisotopic (exact) mass is 402 g/mol. The first-order chi connectivity index (χ1) is 13.6. The van der Waals surface area contributed by atoms with Crippen LogP contribution in [0.5, 0.6) is 0 Å². The molecule has 0 saturated carbocycles. The molecule has 6 nitrogen and oxygen atoms in total. The van der Waals surface area contributed by atoms with Gasteiger partial charge in [-0.2, -0.15) is 0 Å². The molecular formula is C21H27ClN4O2. The van der Waals surface area contributed by atoms with Crippen molar-refractivity contribution in [1.82, 2.24) is 20.5 Å². The average molecular weight is 403 g/mol. The number of rotatable bonds is 4. The van der Waals surface area contributed by atoms with E-state index in [2.05, 4.69) is 27.4 Å². The van der Waals surface area contributed by atoms with E-state index in [1.165, 1.54) is 0 Å². The highest BCUT2D eigenvalue weighted by atomic mass is 35.5. The fourth-order valence-corrected chi connectivity index (χ4v) is 4.68. The molecule has 1 aromatic heterocycles. The molecule has 4 rings (SSSR count). The van der Waals surface area contributed by atoms with Crippen molar-refractivity contribution >= 4 is 28.4 Å². The van der Waals surface area contributed by atoms with Crippen LogP contribution in [-0.4, -0.2) is 61.7 Å². The lowest BCUT2D eigenvalue weighted by molar-refractivity contribution is -0.125. The predicted octanol–water partition coefficient (Wildman–Crippen LogP) is 2.16. The molecule has 0 radical (unpaired) electrons. The van der Waals surface area contributed by atoms with Gasteiger partial charge in [0.2, 0.25) is 5.91 Å². The van der Waals surface area contributed by atoms with Crippen molar-refractivity contribution in [2.45, 2.75) is 18.9 Å². The summed E-state index contributed by atoms with van der Waals surface area (Å²) in [7, 11) is 0. The van der Waals surface area contributed by atoms with Crippen molar-refractivity contribution in [2.75, 3.05) is 45.9 Å². The molecule has 2 N–H and O–H groups in total. The number of amides is 1. The minimum Gasteiger partial charge on any atom is -0.379 e. The maximum absolute atomic E-state index is 13.0. The second-order valence-electron chi connectivity index (χ2n) is 7.95. The number of hydrogen-bond acceptors (Lipinski definition) is 5. The van der Waals surface area contributed by atoms with E-state index in [4.69, 9.17) is 16.3 Å². The van der Waals surface area contributed by atoms with Gasteiger partial charge in [0, 0.05) is 31.2 Å². The number of nitrogens with one attached hydrogen (secondary N) is 2. The van der Waals surface area contributed by atoms with E-state index in [1.54, 1.807) is 6.20 Å². The molecule has 150 valence electrons. The Kier molecular flexibility index (Phi) is 5.83. The number of hydrogen-bond donors (Lipinski definition) is 2. The summed E-state index contributed by atoms with van der Waals surface area (Å²) < 4.78 is 5.39. The van der Waals surface area contributed by atoms with Gasteiger partial charge in [-0.15, -0.1) is 0 Å². The van der Waals surface area contributed by atoms with E-state index in [0.717, 1.165) is 42.5 Å². The maximum atomic E-state index is 13.0. The Labute approximate surface area is 170 Å². The quantitative estimate of drug-likeness (QED) is 0.820. The zero-order valence-corrected chi connectivity index (χ0v) is 17.0. The van der Waals surface area contributed by atoms with Crippen LogP contribution in [-0.2, 0) is 15.1 Å². The lowest BCUT2D eigenvalue weighted by atomic mass is 9.77. The van der Waals surface area contributed by atoms with Crippen LogP contribution in [0.3, 0.4) is 0 Å². The van der Waals surface area contributed by atoms with Crippen molar-refractivity contribution in [2.24, 2.45) is 5.92 Å². The van der Waals surface area contributed by atoms with E-state index >= 15 is 0 Å². The molecule has 1 amide bonds. The number of pyridine rings is 1. The average Bonchev–Trinajstić information content (AvgIpc) is 2.69. The predicted molar refractivity (Wildman–Crippen MR) is 110 cm³/mol. The number of fused-ring (bicyclic) bond motifs is 1. The first-order valence-electron chi connectivity index (χ1n) is 9.93. The summed E-state index contributed by atoms with van der Waals surface area (Å²) in [6.45, 7) is 7.21. The van der Waals surface area contributed by atoms with Crippen molar-refractivity contribution in [3.8, 4) is 0 Å². The minimum atomic E-state index is -0.479. The van der Waals surface area contributed by atoms with Gasteiger partial charge in [-0.05, 0) is 36.6 Å². The van der Waals surface area contributed by atoms with E-state index in [0.29, 0.717) is 37.2 Å². The normalized spacial score (nSPS) is 26.3. The molecule has 0 aliphatic carbocycles. The second kappa shape index (κ2) is 8.33. The lowest BCUT2D eigenvalue weighted by Gasteiger charge is -2.42. The number of carbonyl (C=O) groups excluding carboxylic acids is 1. The maximum Gasteiger partial charge on any atom is 0.234 e. The number of morpholine rings is 1. The van der Waals surface area contributed by atoms with E-state index in [-0.39, 0.29) is 5.91 Å². The molecule has 1 aromatic carbocycles. The Morgan fingerprint density at radius 1 is 1.39 bits per heavy atom. The Morgan fingerprint density at radius 3 is 3.00 bits per heavy atom. The van der Waals surface area contributed by atoms with Crippen LogP contribution in [0.25, 0.3) is 10.9 Å². The SMILES string of the molecule is C[C@@H]1CNC[C@](NC(=O)CN2CCOCC2)(c2ccc(Cl)c3ncccc23)C1. The smallest absolute Gasteiger partial charge is 0.234 e. The zero-order chi connectivity index (χ0) is 19.6. The molecule has 2 aromatic rings. The fraction of sp³-hybridized carbons (Fsp3) is 0.524. The largest absolute Gasteiger partial charge is 0.379 e. The number of piperidine rings is 1. The van der Waals surface area contributed by atoms with Gasteiger partial charge < -0.3 is 15.4 Å². The summed E-state index contributed by atoms with van der Waals surface area (Å²) in [6, 6.07) is 7.90. The van der Waals surface area contributed by atoms with Gasteiger partial charge in [-0.25, -0.2) is 0 Å². The molecule has 2 aliphatic heterocycles. The summed E-state index contributed by atoms with van der Waals surface area (Å²) in [5, 5.41) is 8.52. The Morgan fingerprint density at radius 2 is 2.21 bits per heavy atom. The Bertz CT molecular complexity index is 855. The number of halogens is 1. The molecule has 7 heteroatoms. The van der Waals surface area contributed by atoms with Crippen LogP contribution in [0.15, 0.2) is 30.5 Å². The first-order valence-corrected chi connectivity index (χ1v) is 10.3. The molecule has 0 spiro atoms. The summed E-state index contributed by atoms with van der Waals surface area (Å²) in [6.07, 6.45) is 2.63. The summed E-state index contributed by atoms with van der Waals surface area (Å²) >= 11 is 6.39. The Hall–Kier alpha value is -1.73. The summed E-state index contributed by atoms with van der Waals surface area (Å²) in [5.41, 5.74) is 1.38. The van der Waals surface area contributed by atoms with Gasteiger partial charge >= 0.3 is 0 Å². The van der Waals surface area contributed by atoms with Gasteiger partial charge in [0.15, 0.2) is 0 Å². The molecule has 3 heterocycles. The van der Waals surface area contributed by atoms with Gasteiger partial charge in [-0.1, -0.05) is 30.7 Å². The standard InChI is InChI=1S/C21H27ClN4O2/c1-15-11-21(14-23-12-15,25-19(27)13-26-7-9-28-10-8-26)17-4-5-18(22)20-16(17)3-2-6-24-20/h2-6,15,23H,7-14H2,1H3,(H,25,27)/t15-,21-/m0/s1. The molecule has 0 unspecified atom stereocenters. The van der Waals surface area contributed by atoms with E-state index in [1.807, 2.05) is 24.3 Å². The van der Waals surface area contributed by atoms with Crippen molar-refractivity contribution in [1.29, 1.82) is 0 Å². The molecular weight excluding hydrogens is 376 g/mol.